The predicted molar refractivity (Wildman–Crippen MR) is 275 cm³/mol. The summed E-state index contributed by atoms with van der Waals surface area (Å²) in [5, 5.41) is 4.95. The second kappa shape index (κ2) is 13.7. The fourth-order valence-electron chi connectivity index (χ4n) is 12.7. The highest BCUT2D eigenvalue weighted by Gasteiger charge is 2.53. The zero-order chi connectivity index (χ0) is 43.8. The molecule has 11 aromatic carbocycles. The maximum Gasteiger partial charge on any atom is 0.132 e. The summed E-state index contributed by atoms with van der Waals surface area (Å²) in [5.41, 5.74) is 17.4. The highest BCUT2D eigenvalue weighted by atomic mass is 32.2. The Kier molecular flexibility index (Phi) is 7.60. The van der Waals surface area contributed by atoms with E-state index < -0.39 is 10.8 Å². The quantitative estimate of drug-likeness (QED) is 0.164. The number of para-hydroxylation sites is 2. The normalized spacial score (nSPS) is 14.6. The van der Waals surface area contributed by atoms with Gasteiger partial charge < -0.3 is 9.64 Å². The van der Waals surface area contributed by atoms with Gasteiger partial charge in [0.2, 0.25) is 0 Å². The molecule has 2 aliphatic carbocycles. The van der Waals surface area contributed by atoms with Gasteiger partial charge in [-0.15, -0.1) is 0 Å². The van der Waals surface area contributed by atoms with Crippen molar-refractivity contribution >= 4 is 50.4 Å². The van der Waals surface area contributed by atoms with Crippen LogP contribution in [0.3, 0.4) is 0 Å². The first-order valence-electron chi connectivity index (χ1n) is 23.2. The van der Waals surface area contributed by atoms with Crippen molar-refractivity contribution in [1.82, 2.24) is 0 Å². The molecule has 312 valence electrons. The summed E-state index contributed by atoms with van der Waals surface area (Å²) in [6, 6.07) is 88.2. The summed E-state index contributed by atoms with van der Waals surface area (Å²) in [6.07, 6.45) is 0. The molecule has 0 bridgehead atoms. The Labute approximate surface area is 393 Å². The molecule has 0 saturated heterocycles. The summed E-state index contributed by atoms with van der Waals surface area (Å²) in [7, 11) is 0. The molecule has 0 amide bonds. The number of benzene rings is 11. The summed E-state index contributed by atoms with van der Waals surface area (Å²) >= 11 is 1.89. The molecule has 0 atom stereocenters. The van der Waals surface area contributed by atoms with Crippen LogP contribution in [0.2, 0.25) is 0 Å². The molecule has 0 saturated carbocycles. The molecule has 11 aromatic rings. The van der Waals surface area contributed by atoms with E-state index in [4.69, 9.17) is 4.74 Å². The zero-order valence-electron chi connectivity index (χ0n) is 36.3. The van der Waals surface area contributed by atoms with Crippen molar-refractivity contribution in [2.75, 3.05) is 4.90 Å². The molecule has 0 aromatic heterocycles. The van der Waals surface area contributed by atoms with E-state index in [1.54, 1.807) is 0 Å². The van der Waals surface area contributed by atoms with E-state index >= 15 is 0 Å². The molecule has 0 radical (unpaired) electrons. The Morgan fingerprint density at radius 1 is 0.328 bits per heavy atom. The van der Waals surface area contributed by atoms with E-state index in [0.717, 1.165) is 39.7 Å². The van der Waals surface area contributed by atoms with Crippen LogP contribution in [0.4, 0.5) is 17.1 Å². The van der Waals surface area contributed by atoms with Crippen molar-refractivity contribution in [2.24, 2.45) is 0 Å². The maximum atomic E-state index is 6.76. The van der Waals surface area contributed by atoms with Crippen molar-refractivity contribution in [3.05, 3.63) is 281 Å². The first kappa shape index (κ1) is 37.1. The Morgan fingerprint density at radius 3 is 1.39 bits per heavy atom. The number of nitrogens with zero attached hydrogens (tertiary/aromatic N) is 1. The molecule has 2 heterocycles. The minimum Gasteiger partial charge on any atom is -0.457 e. The van der Waals surface area contributed by atoms with E-state index in [-0.39, 0.29) is 0 Å². The number of anilines is 3. The molecule has 0 N–H and O–H groups in total. The highest BCUT2D eigenvalue weighted by molar-refractivity contribution is 7.99. The monoisotopic (exact) mass is 869 g/mol. The summed E-state index contributed by atoms with van der Waals surface area (Å²) in [5.74, 6) is 1.78. The van der Waals surface area contributed by atoms with Crippen LogP contribution in [0.5, 0.6) is 11.5 Å². The highest BCUT2D eigenvalue weighted by Crippen LogP contribution is 2.67. The molecule has 2 spiro atoms. The Hall–Kier alpha value is -8.11. The molecule has 67 heavy (non-hydrogen) atoms. The number of fused-ring (bicyclic) bond motifs is 21. The molecule has 0 unspecified atom stereocenters. The Balaban J connectivity index is 1.07. The SMILES string of the molecule is c1ccc2c(c1)Oc1ccccc1C21c2ccccc2-c2c(N(c3ccc4c(ccc5ccccc54)c3)c3cccc4c3-c3ccccc3C43c4ccccc4Sc4ccccc43)cccc21. The van der Waals surface area contributed by atoms with Gasteiger partial charge in [-0.1, -0.05) is 200 Å². The number of rotatable bonds is 3. The number of hydrogen-bond acceptors (Lipinski definition) is 3. The third-order valence-electron chi connectivity index (χ3n) is 15.2. The van der Waals surface area contributed by atoms with Gasteiger partial charge in [-0.2, -0.15) is 0 Å². The lowest BCUT2D eigenvalue weighted by molar-refractivity contribution is 0.436. The molecule has 0 fully saturated rings. The second-order valence-electron chi connectivity index (χ2n) is 18.2. The smallest absolute Gasteiger partial charge is 0.132 e. The molecular weight excluding hydrogens is 831 g/mol. The number of hydrogen-bond donors (Lipinski definition) is 0. The van der Waals surface area contributed by atoms with E-state index in [9.17, 15) is 0 Å². The standard InChI is InChI=1S/C64H39NOS/c1-2-18-43-40(17-1)35-36-41-39-42(37-38-44(41)43)65(55-29-15-27-53-61(55)45-19-3-5-21-47(45)63(53)49-23-7-11-31-57(49)66-58-32-12-8-24-50(58)63)56-30-16-28-54-62(56)46-20-4-6-22-48(46)64(54)51-25-9-13-33-59(51)67-60-34-14-10-26-52(60)64/h1-39H. The zero-order valence-corrected chi connectivity index (χ0v) is 37.1. The fraction of sp³-hybridized carbons (Fsp3) is 0.0312. The first-order chi connectivity index (χ1) is 33.2. The van der Waals surface area contributed by atoms with Crippen LogP contribution in [-0.4, -0.2) is 0 Å². The lowest BCUT2D eigenvalue weighted by Gasteiger charge is -2.40. The first-order valence-corrected chi connectivity index (χ1v) is 24.0. The van der Waals surface area contributed by atoms with Gasteiger partial charge in [0, 0.05) is 37.7 Å². The van der Waals surface area contributed by atoms with E-state index in [1.165, 1.54) is 87.0 Å². The van der Waals surface area contributed by atoms with Gasteiger partial charge in [-0.05, 0) is 115 Å². The van der Waals surface area contributed by atoms with Crippen LogP contribution < -0.4 is 9.64 Å². The van der Waals surface area contributed by atoms with E-state index in [2.05, 4.69) is 241 Å². The summed E-state index contributed by atoms with van der Waals surface area (Å²) in [4.78, 5) is 5.19. The van der Waals surface area contributed by atoms with Crippen molar-refractivity contribution < 1.29 is 4.74 Å². The van der Waals surface area contributed by atoms with Gasteiger partial charge >= 0.3 is 0 Å². The summed E-state index contributed by atoms with van der Waals surface area (Å²) in [6.45, 7) is 0. The van der Waals surface area contributed by atoms with Crippen LogP contribution in [0.1, 0.15) is 44.5 Å². The Morgan fingerprint density at radius 2 is 0.776 bits per heavy atom. The van der Waals surface area contributed by atoms with E-state index in [0.29, 0.717) is 0 Å². The minimum absolute atomic E-state index is 0.515. The van der Waals surface area contributed by atoms with Crippen LogP contribution in [0, 0.1) is 0 Å². The molecule has 15 rings (SSSR count). The van der Waals surface area contributed by atoms with Gasteiger partial charge in [0.1, 0.15) is 11.5 Å². The van der Waals surface area contributed by atoms with Crippen molar-refractivity contribution in [1.29, 1.82) is 0 Å². The second-order valence-corrected chi connectivity index (χ2v) is 19.3. The summed E-state index contributed by atoms with van der Waals surface area (Å²) < 4.78 is 6.76. The topological polar surface area (TPSA) is 12.5 Å². The third-order valence-corrected chi connectivity index (χ3v) is 16.3. The average Bonchev–Trinajstić information content (AvgIpc) is 3.86. The molecule has 4 aliphatic rings. The maximum absolute atomic E-state index is 6.76. The fourth-order valence-corrected chi connectivity index (χ4v) is 13.9. The van der Waals surface area contributed by atoms with Gasteiger partial charge in [0.05, 0.1) is 22.2 Å². The third kappa shape index (κ3) is 4.76. The number of ether oxygens (including phenoxy) is 1. The Bertz CT molecular complexity index is 3630. The van der Waals surface area contributed by atoms with Crippen molar-refractivity contribution in [3.8, 4) is 33.8 Å². The molecule has 2 aliphatic heterocycles. The average molecular weight is 870 g/mol. The van der Waals surface area contributed by atoms with Crippen LogP contribution in [0.25, 0.3) is 43.8 Å². The largest absolute Gasteiger partial charge is 0.457 e. The van der Waals surface area contributed by atoms with Gasteiger partial charge in [0.25, 0.3) is 0 Å². The van der Waals surface area contributed by atoms with Crippen LogP contribution in [-0.2, 0) is 10.8 Å². The molecular formula is C64H39NOS. The van der Waals surface area contributed by atoms with Crippen LogP contribution in [0.15, 0.2) is 246 Å². The molecule has 3 heteroatoms. The van der Waals surface area contributed by atoms with Crippen LogP contribution >= 0.6 is 11.8 Å². The van der Waals surface area contributed by atoms with Gasteiger partial charge in [-0.25, -0.2) is 0 Å². The lowest BCUT2D eigenvalue weighted by Crippen LogP contribution is -2.32. The minimum atomic E-state index is -0.607. The van der Waals surface area contributed by atoms with Gasteiger partial charge in [0.15, 0.2) is 0 Å². The molecule has 2 nitrogen and oxygen atoms in total. The van der Waals surface area contributed by atoms with Crippen molar-refractivity contribution in [2.45, 2.75) is 20.6 Å². The predicted octanol–water partition coefficient (Wildman–Crippen LogP) is 16.8. The van der Waals surface area contributed by atoms with Gasteiger partial charge in [-0.3, -0.25) is 0 Å². The van der Waals surface area contributed by atoms with E-state index in [1.807, 2.05) is 11.8 Å². The lowest BCUT2D eigenvalue weighted by atomic mass is 9.66. The van der Waals surface area contributed by atoms with Crippen molar-refractivity contribution in [3.63, 3.8) is 0 Å².